The molecule has 1 fully saturated rings. The predicted molar refractivity (Wildman–Crippen MR) is 45.1 cm³/mol. The number of nitro groups is 1. The first-order valence-electron chi connectivity index (χ1n) is 4.11. The highest BCUT2D eigenvalue weighted by molar-refractivity contribution is 5.37. The molecule has 2 rings (SSSR count). The Hall–Kier alpha value is -1.43. The van der Waals surface area contributed by atoms with Crippen molar-refractivity contribution in [2.24, 2.45) is 11.7 Å². The van der Waals surface area contributed by atoms with Gasteiger partial charge in [-0.1, -0.05) is 5.10 Å². The maximum Gasteiger partial charge on any atom is 0.346 e. The van der Waals surface area contributed by atoms with E-state index >= 15 is 0 Å². The highest BCUT2D eigenvalue weighted by Crippen LogP contribution is 2.48. The Bertz CT molecular complexity index is 335. The number of hydrogen-bond acceptors (Lipinski definition) is 4. The summed E-state index contributed by atoms with van der Waals surface area (Å²) in [6, 6.07) is 0. The van der Waals surface area contributed by atoms with Crippen LogP contribution < -0.4 is 5.73 Å². The number of rotatable bonds is 3. The van der Waals surface area contributed by atoms with Gasteiger partial charge in [0, 0.05) is 0 Å². The highest BCUT2D eigenvalue weighted by Gasteiger charge is 2.41. The van der Waals surface area contributed by atoms with Gasteiger partial charge in [0.2, 0.25) is 0 Å². The zero-order valence-electron chi connectivity index (χ0n) is 6.93. The zero-order chi connectivity index (χ0) is 9.42. The van der Waals surface area contributed by atoms with E-state index in [0.29, 0.717) is 18.0 Å². The van der Waals surface area contributed by atoms with Crippen molar-refractivity contribution in [2.45, 2.75) is 12.3 Å². The zero-order valence-corrected chi connectivity index (χ0v) is 6.93. The Morgan fingerprint density at radius 3 is 3.15 bits per heavy atom. The van der Waals surface area contributed by atoms with Gasteiger partial charge in [-0.25, -0.2) is 0 Å². The molecule has 70 valence electrons. The number of nitrogens with one attached hydrogen (secondary N) is 1. The van der Waals surface area contributed by atoms with Crippen LogP contribution in [0.15, 0.2) is 6.20 Å². The van der Waals surface area contributed by atoms with Crippen LogP contribution in [0.5, 0.6) is 0 Å². The first-order valence-corrected chi connectivity index (χ1v) is 4.11. The van der Waals surface area contributed by atoms with Crippen LogP contribution in [-0.4, -0.2) is 21.7 Å². The Morgan fingerprint density at radius 1 is 1.85 bits per heavy atom. The van der Waals surface area contributed by atoms with E-state index in [1.165, 1.54) is 6.20 Å². The summed E-state index contributed by atoms with van der Waals surface area (Å²) in [5.41, 5.74) is 6.15. The molecule has 0 unspecified atom stereocenters. The fraction of sp³-hybridized carbons (Fsp3) is 0.571. The monoisotopic (exact) mass is 182 g/mol. The second kappa shape index (κ2) is 2.81. The van der Waals surface area contributed by atoms with Crippen LogP contribution in [0.2, 0.25) is 0 Å². The molecule has 1 aromatic heterocycles. The smallest absolute Gasteiger partial charge is 0.346 e. The molecular weight excluding hydrogens is 172 g/mol. The predicted octanol–water partition coefficient (Wildman–Crippen LogP) is 0.380. The van der Waals surface area contributed by atoms with E-state index in [-0.39, 0.29) is 11.7 Å². The summed E-state index contributed by atoms with van der Waals surface area (Å²) in [4.78, 5) is 10.1. The van der Waals surface area contributed by atoms with Gasteiger partial charge in [-0.2, -0.15) is 0 Å². The van der Waals surface area contributed by atoms with Gasteiger partial charge in [0.25, 0.3) is 0 Å². The molecule has 1 heterocycles. The third-order valence-corrected chi connectivity index (χ3v) is 2.45. The van der Waals surface area contributed by atoms with Gasteiger partial charge in [0.05, 0.1) is 11.8 Å². The lowest BCUT2D eigenvalue weighted by atomic mass is 10.2. The summed E-state index contributed by atoms with van der Waals surface area (Å²) in [5.74, 6) is 0.654. The van der Waals surface area contributed by atoms with Crippen molar-refractivity contribution in [3.8, 4) is 0 Å². The molecule has 6 nitrogen and oxygen atoms in total. The molecule has 0 aliphatic heterocycles. The lowest BCUT2D eigenvalue weighted by Crippen LogP contribution is -2.02. The van der Waals surface area contributed by atoms with Crippen molar-refractivity contribution in [3.63, 3.8) is 0 Å². The van der Waals surface area contributed by atoms with Crippen LogP contribution in [0.1, 0.15) is 17.9 Å². The quantitative estimate of drug-likeness (QED) is 0.521. The molecule has 6 heteroatoms. The molecule has 0 saturated heterocycles. The maximum atomic E-state index is 10.5. The van der Waals surface area contributed by atoms with E-state index < -0.39 is 4.92 Å². The summed E-state index contributed by atoms with van der Waals surface area (Å²) in [6.07, 6.45) is 2.47. The van der Waals surface area contributed by atoms with Crippen LogP contribution in [0.4, 0.5) is 5.82 Å². The van der Waals surface area contributed by atoms with Crippen molar-refractivity contribution >= 4 is 5.82 Å². The molecule has 0 amide bonds. The standard InChI is InChI=1S/C7H10N4O2/c8-2-4-1-5(4)6-3-9-10-7(6)11(12)13/h3-5H,1-2,8H2,(H,9,10)/t4-,5+/m0/s1. The van der Waals surface area contributed by atoms with Crippen LogP contribution in [0, 0.1) is 16.0 Å². The summed E-state index contributed by atoms with van der Waals surface area (Å²) >= 11 is 0. The third kappa shape index (κ3) is 1.29. The number of nitrogens with zero attached hydrogens (tertiary/aromatic N) is 2. The fourth-order valence-corrected chi connectivity index (χ4v) is 1.60. The number of H-pyrrole nitrogens is 1. The SMILES string of the molecule is NC[C@@H]1C[C@H]1c1cn[nH]c1[N+](=O)[O-]. The summed E-state index contributed by atoms with van der Waals surface area (Å²) in [6.45, 7) is 0.590. The second-order valence-electron chi connectivity index (χ2n) is 3.27. The van der Waals surface area contributed by atoms with Gasteiger partial charge >= 0.3 is 5.82 Å². The Morgan fingerprint density at radius 2 is 2.62 bits per heavy atom. The van der Waals surface area contributed by atoms with Crippen LogP contribution >= 0.6 is 0 Å². The van der Waals surface area contributed by atoms with Gasteiger partial charge in [0.1, 0.15) is 0 Å². The summed E-state index contributed by atoms with van der Waals surface area (Å²) in [5, 5.41) is 16.6. The summed E-state index contributed by atoms with van der Waals surface area (Å²) in [7, 11) is 0. The van der Waals surface area contributed by atoms with Gasteiger partial charge in [-0.05, 0) is 29.7 Å². The lowest BCUT2D eigenvalue weighted by molar-refractivity contribution is -0.390. The third-order valence-electron chi connectivity index (χ3n) is 2.45. The molecule has 0 radical (unpaired) electrons. The van der Waals surface area contributed by atoms with Crippen LogP contribution in [0.25, 0.3) is 0 Å². The highest BCUT2D eigenvalue weighted by atomic mass is 16.6. The molecule has 2 atom stereocenters. The Labute approximate surface area is 74.3 Å². The van der Waals surface area contributed by atoms with Crippen molar-refractivity contribution in [3.05, 3.63) is 21.9 Å². The molecule has 1 aliphatic rings. The molecule has 0 bridgehead atoms. The van der Waals surface area contributed by atoms with Crippen LogP contribution in [-0.2, 0) is 0 Å². The lowest BCUT2D eigenvalue weighted by Gasteiger charge is -1.94. The van der Waals surface area contributed by atoms with Crippen molar-refractivity contribution in [2.75, 3.05) is 6.54 Å². The minimum Gasteiger partial charge on any atom is -0.358 e. The van der Waals surface area contributed by atoms with Crippen molar-refractivity contribution in [1.29, 1.82) is 0 Å². The first-order chi connectivity index (χ1) is 6.24. The minimum absolute atomic E-state index is 0.0148. The van der Waals surface area contributed by atoms with Crippen molar-refractivity contribution in [1.82, 2.24) is 10.2 Å². The van der Waals surface area contributed by atoms with E-state index in [0.717, 1.165) is 6.42 Å². The number of aromatic amines is 1. The number of hydrogen-bond donors (Lipinski definition) is 2. The van der Waals surface area contributed by atoms with Crippen LogP contribution in [0.3, 0.4) is 0 Å². The van der Waals surface area contributed by atoms with Gasteiger partial charge in [0.15, 0.2) is 0 Å². The van der Waals surface area contributed by atoms with Gasteiger partial charge in [-0.3, -0.25) is 0 Å². The topological polar surface area (TPSA) is 97.8 Å². The largest absolute Gasteiger partial charge is 0.358 e. The average Bonchev–Trinajstić information content (AvgIpc) is 2.72. The molecule has 0 spiro atoms. The van der Waals surface area contributed by atoms with E-state index in [4.69, 9.17) is 5.73 Å². The molecule has 3 N–H and O–H groups in total. The Balaban J connectivity index is 2.22. The second-order valence-corrected chi connectivity index (χ2v) is 3.27. The molecule has 1 aliphatic carbocycles. The first kappa shape index (κ1) is 8.18. The Kier molecular flexibility index (Phi) is 1.77. The van der Waals surface area contributed by atoms with E-state index in [1.807, 2.05) is 0 Å². The maximum absolute atomic E-state index is 10.5. The molecule has 13 heavy (non-hydrogen) atoms. The van der Waals surface area contributed by atoms with Gasteiger partial charge < -0.3 is 15.8 Å². The number of aromatic nitrogens is 2. The molecule has 1 aromatic rings. The van der Waals surface area contributed by atoms with E-state index in [2.05, 4.69) is 10.2 Å². The average molecular weight is 182 g/mol. The molecular formula is C7H10N4O2. The fourth-order valence-electron chi connectivity index (χ4n) is 1.60. The molecule has 0 aromatic carbocycles. The minimum atomic E-state index is -0.436. The van der Waals surface area contributed by atoms with Gasteiger partial charge in [-0.15, -0.1) is 5.10 Å². The normalized spacial score (nSPS) is 25.9. The van der Waals surface area contributed by atoms with E-state index in [1.54, 1.807) is 0 Å². The summed E-state index contributed by atoms with van der Waals surface area (Å²) < 4.78 is 0. The number of nitrogens with two attached hydrogens (primary N) is 1. The van der Waals surface area contributed by atoms with E-state index in [9.17, 15) is 10.1 Å². The molecule has 1 saturated carbocycles. The van der Waals surface area contributed by atoms with Crippen molar-refractivity contribution < 1.29 is 4.92 Å².